The molecule has 2 aromatic rings. The molecule has 0 aliphatic heterocycles. The van der Waals surface area contributed by atoms with Gasteiger partial charge in [0.1, 0.15) is 5.75 Å². The van der Waals surface area contributed by atoms with E-state index in [-0.39, 0.29) is 12.5 Å². The van der Waals surface area contributed by atoms with Gasteiger partial charge >= 0.3 is 0 Å². The van der Waals surface area contributed by atoms with Gasteiger partial charge in [-0.25, -0.2) is 5.43 Å². The van der Waals surface area contributed by atoms with Crippen LogP contribution < -0.4 is 10.2 Å². The van der Waals surface area contributed by atoms with E-state index >= 15 is 0 Å². The minimum atomic E-state index is -0.360. The fourth-order valence-electron chi connectivity index (χ4n) is 1.49. The highest BCUT2D eigenvalue weighted by atomic mass is 79.9. The van der Waals surface area contributed by atoms with Crippen molar-refractivity contribution >= 4 is 39.7 Å². The van der Waals surface area contributed by atoms with Gasteiger partial charge in [0.2, 0.25) is 0 Å². The summed E-state index contributed by atoms with van der Waals surface area (Å²) in [5.74, 6) is 0.0863. The fourth-order valence-corrected chi connectivity index (χ4v) is 2.21. The molecule has 0 saturated carbocycles. The SMILES string of the molecule is O=C(COc1ccc(Br)cc1Cl)N/N=C/c1ccccc1. The number of halogens is 2. The first-order valence-corrected chi connectivity index (χ1v) is 7.27. The number of nitrogens with zero attached hydrogens (tertiary/aromatic N) is 1. The van der Waals surface area contributed by atoms with Gasteiger partial charge in [0.25, 0.3) is 5.91 Å². The van der Waals surface area contributed by atoms with Crippen LogP contribution in [0.5, 0.6) is 5.75 Å². The van der Waals surface area contributed by atoms with Crippen LogP contribution in [0.15, 0.2) is 58.1 Å². The molecule has 0 bridgehead atoms. The summed E-state index contributed by atoms with van der Waals surface area (Å²) in [6.07, 6.45) is 1.56. The van der Waals surface area contributed by atoms with Crippen molar-refractivity contribution in [2.45, 2.75) is 0 Å². The van der Waals surface area contributed by atoms with Crippen LogP contribution in [0.2, 0.25) is 5.02 Å². The van der Waals surface area contributed by atoms with Crippen molar-refractivity contribution in [2.75, 3.05) is 6.61 Å². The van der Waals surface area contributed by atoms with Crippen LogP contribution in [-0.2, 0) is 4.79 Å². The number of hydrazone groups is 1. The van der Waals surface area contributed by atoms with E-state index in [2.05, 4.69) is 26.5 Å². The summed E-state index contributed by atoms with van der Waals surface area (Å²) in [5, 5.41) is 4.28. The molecule has 0 saturated heterocycles. The number of carbonyl (C=O) groups is 1. The second-order valence-electron chi connectivity index (χ2n) is 4.07. The molecular weight excluding hydrogens is 356 g/mol. The molecule has 0 heterocycles. The van der Waals surface area contributed by atoms with Crippen LogP contribution >= 0.6 is 27.5 Å². The molecule has 21 heavy (non-hydrogen) atoms. The van der Waals surface area contributed by atoms with E-state index in [1.54, 1.807) is 24.4 Å². The normalized spacial score (nSPS) is 10.6. The highest BCUT2D eigenvalue weighted by Gasteiger charge is 2.05. The van der Waals surface area contributed by atoms with Crippen molar-refractivity contribution in [3.05, 3.63) is 63.6 Å². The van der Waals surface area contributed by atoms with Gasteiger partial charge in [-0.2, -0.15) is 5.10 Å². The molecule has 0 aromatic heterocycles. The van der Waals surface area contributed by atoms with Crippen LogP contribution in [0, 0.1) is 0 Å². The van der Waals surface area contributed by atoms with Crippen LogP contribution in [0.4, 0.5) is 0 Å². The molecule has 0 spiro atoms. The zero-order valence-electron chi connectivity index (χ0n) is 10.9. The van der Waals surface area contributed by atoms with Gasteiger partial charge in [-0.1, -0.05) is 57.9 Å². The number of ether oxygens (including phenoxy) is 1. The van der Waals surface area contributed by atoms with Crippen LogP contribution in [-0.4, -0.2) is 18.7 Å². The Morgan fingerprint density at radius 1 is 1.29 bits per heavy atom. The van der Waals surface area contributed by atoms with E-state index in [0.29, 0.717) is 10.8 Å². The van der Waals surface area contributed by atoms with Crippen molar-refractivity contribution < 1.29 is 9.53 Å². The number of nitrogens with one attached hydrogen (secondary N) is 1. The Labute approximate surface area is 135 Å². The average molecular weight is 368 g/mol. The lowest BCUT2D eigenvalue weighted by Crippen LogP contribution is -2.24. The predicted octanol–water partition coefficient (Wildman–Crippen LogP) is 3.63. The lowest BCUT2D eigenvalue weighted by molar-refractivity contribution is -0.123. The molecule has 0 aliphatic carbocycles. The Balaban J connectivity index is 1.81. The zero-order valence-corrected chi connectivity index (χ0v) is 13.3. The molecule has 108 valence electrons. The Morgan fingerprint density at radius 2 is 2.05 bits per heavy atom. The van der Waals surface area contributed by atoms with Gasteiger partial charge in [-0.3, -0.25) is 4.79 Å². The Hall–Kier alpha value is -1.85. The maximum absolute atomic E-state index is 11.6. The Bertz CT molecular complexity index is 647. The summed E-state index contributed by atoms with van der Waals surface area (Å²) < 4.78 is 6.16. The molecule has 0 radical (unpaired) electrons. The standard InChI is InChI=1S/C15H12BrClN2O2/c16-12-6-7-14(13(17)8-12)21-10-15(20)19-18-9-11-4-2-1-3-5-11/h1-9H,10H2,(H,19,20)/b18-9+. The number of benzene rings is 2. The largest absolute Gasteiger partial charge is 0.482 e. The molecule has 1 amide bonds. The van der Waals surface area contributed by atoms with E-state index in [9.17, 15) is 4.79 Å². The highest BCUT2D eigenvalue weighted by Crippen LogP contribution is 2.27. The molecule has 0 fully saturated rings. The first-order chi connectivity index (χ1) is 10.1. The lowest BCUT2D eigenvalue weighted by atomic mass is 10.2. The third kappa shape index (κ3) is 5.21. The first-order valence-electron chi connectivity index (χ1n) is 6.10. The van der Waals surface area contributed by atoms with Gasteiger partial charge in [-0.05, 0) is 23.8 Å². The summed E-state index contributed by atoms with van der Waals surface area (Å²) >= 11 is 9.28. The number of rotatable bonds is 5. The van der Waals surface area contributed by atoms with Gasteiger partial charge < -0.3 is 4.74 Å². The molecular formula is C15H12BrClN2O2. The number of hydrogen-bond donors (Lipinski definition) is 1. The topological polar surface area (TPSA) is 50.7 Å². The molecule has 0 atom stereocenters. The van der Waals surface area contributed by atoms with Gasteiger partial charge in [0, 0.05) is 4.47 Å². The summed E-state index contributed by atoms with van der Waals surface area (Å²) in [7, 11) is 0. The minimum absolute atomic E-state index is 0.159. The van der Waals surface area contributed by atoms with E-state index in [4.69, 9.17) is 16.3 Å². The summed E-state index contributed by atoms with van der Waals surface area (Å²) in [6, 6.07) is 14.6. The second kappa shape index (κ2) is 7.81. The number of carbonyl (C=O) groups excluding carboxylic acids is 1. The molecule has 4 nitrogen and oxygen atoms in total. The van der Waals surface area contributed by atoms with Crippen molar-refractivity contribution in [1.29, 1.82) is 0 Å². The van der Waals surface area contributed by atoms with Crippen molar-refractivity contribution in [3.63, 3.8) is 0 Å². The Morgan fingerprint density at radius 3 is 2.76 bits per heavy atom. The van der Waals surface area contributed by atoms with Crippen LogP contribution in [0.25, 0.3) is 0 Å². The van der Waals surface area contributed by atoms with Crippen LogP contribution in [0.1, 0.15) is 5.56 Å². The quantitative estimate of drug-likeness (QED) is 0.648. The van der Waals surface area contributed by atoms with Gasteiger partial charge in [0.15, 0.2) is 6.61 Å². The first kappa shape index (κ1) is 15.5. The summed E-state index contributed by atoms with van der Waals surface area (Å²) in [6.45, 7) is -0.159. The predicted molar refractivity (Wildman–Crippen MR) is 86.8 cm³/mol. The fraction of sp³-hybridized carbons (Fsp3) is 0.0667. The minimum Gasteiger partial charge on any atom is -0.482 e. The zero-order chi connectivity index (χ0) is 15.1. The smallest absolute Gasteiger partial charge is 0.277 e. The summed E-state index contributed by atoms with van der Waals surface area (Å²) in [4.78, 5) is 11.6. The lowest BCUT2D eigenvalue weighted by Gasteiger charge is -2.07. The monoisotopic (exact) mass is 366 g/mol. The maximum Gasteiger partial charge on any atom is 0.277 e. The molecule has 6 heteroatoms. The van der Waals surface area contributed by atoms with E-state index in [1.807, 2.05) is 30.3 Å². The number of hydrogen-bond acceptors (Lipinski definition) is 3. The third-order valence-corrected chi connectivity index (χ3v) is 3.24. The van der Waals surface area contributed by atoms with Crippen molar-refractivity contribution in [2.24, 2.45) is 5.10 Å². The van der Waals surface area contributed by atoms with Crippen molar-refractivity contribution in [3.8, 4) is 5.75 Å². The maximum atomic E-state index is 11.6. The van der Waals surface area contributed by atoms with Crippen molar-refractivity contribution in [1.82, 2.24) is 5.43 Å². The van der Waals surface area contributed by atoms with E-state index in [0.717, 1.165) is 10.0 Å². The third-order valence-electron chi connectivity index (χ3n) is 2.46. The molecule has 0 unspecified atom stereocenters. The molecule has 2 aromatic carbocycles. The molecule has 1 N–H and O–H groups in total. The summed E-state index contributed by atoms with van der Waals surface area (Å²) in [5.41, 5.74) is 3.28. The second-order valence-corrected chi connectivity index (χ2v) is 5.39. The Kier molecular flexibility index (Phi) is 5.78. The average Bonchev–Trinajstić information content (AvgIpc) is 2.47. The molecule has 2 rings (SSSR count). The van der Waals surface area contributed by atoms with Crippen LogP contribution in [0.3, 0.4) is 0 Å². The van der Waals surface area contributed by atoms with E-state index in [1.165, 1.54) is 0 Å². The van der Waals surface area contributed by atoms with E-state index < -0.39 is 0 Å². The van der Waals surface area contributed by atoms with Gasteiger partial charge in [0.05, 0.1) is 11.2 Å². The van der Waals surface area contributed by atoms with Gasteiger partial charge in [-0.15, -0.1) is 0 Å². The molecule has 0 aliphatic rings. The highest BCUT2D eigenvalue weighted by molar-refractivity contribution is 9.10. The number of amides is 1.